The molecule has 2 N–H and O–H groups in total. The summed E-state index contributed by atoms with van der Waals surface area (Å²) < 4.78 is 33.1. The number of ether oxygens (including phenoxy) is 2. The van der Waals surface area contributed by atoms with Gasteiger partial charge in [-0.2, -0.15) is 4.99 Å². The van der Waals surface area contributed by atoms with Crippen molar-refractivity contribution < 1.29 is 17.9 Å². The van der Waals surface area contributed by atoms with Crippen LogP contribution in [0, 0.1) is 0 Å². The van der Waals surface area contributed by atoms with Crippen molar-refractivity contribution in [3.63, 3.8) is 0 Å². The van der Waals surface area contributed by atoms with Crippen LogP contribution in [0.2, 0.25) is 0 Å². The van der Waals surface area contributed by atoms with Crippen LogP contribution in [-0.2, 0) is 9.84 Å². The highest BCUT2D eigenvalue weighted by atomic mass is 32.2. The molecule has 0 atom stereocenters. The Balaban J connectivity index is 2.26. The van der Waals surface area contributed by atoms with Gasteiger partial charge in [0.05, 0.1) is 12.5 Å². The zero-order chi connectivity index (χ0) is 12.5. The fourth-order valence-corrected chi connectivity index (χ4v) is 2.17. The molecule has 0 aliphatic carbocycles. The summed E-state index contributed by atoms with van der Waals surface area (Å²) in [4.78, 5) is 3.60. The van der Waals surface area contributed by atoms with Crippen molar-refractivity contribution in [3.05, 3.63) is 35.5 Å². The largest absolute Gasteiger partial charge is 0.497 e. The number of nitrogens with zero attached hydrogens (tertiary/aromatic N) is 1. The molecule has 0 spiro atoms. The lowest BCUT2D eigenvalue weighted by atomic mass is 10.3. The molecule has 1 aromatic rings. The van der Waals surface area contributed by atoms with Gasteiger partial charge in [0.1, 0.15) is 17.3 Å². The first kappa shape index (κ1) is 11.5. The van der Waals surface area contributed by atoms with Crippen LogP contribution in [0.3, 0.4) is 0 Å². The van der Waals surface area contributed by atoms with E-state index in [1.165, 1.54) is 7.11 Å². The minimum Gasteiger partial charge on any atom is -0.497 e. The Bertz CT molecular complexity index is 604. The average Bonchev–Trinajstić information content (AvgIpc) is 2.52. The highest BCUT2D eigenvalue weighted by Crippen LogP contribution is 2.21. The Morgan fingerprint density at radius 3 is 2.59 bits per heavy atom. The molecule has 6 nitrogen and oxygen atoms in total. The molecule has 1 aromatic carbocycles. The third-order valence-electron chi connectivity index (χ3n) is 1.99. The first-order valence-corrected chi connectivity index (χ1v) is 6.19. The molecular formula is C10H10N2O4S. The van der Waals surface area contributed by atoms with Gasteiger partial charge in [-0.1, -0.05) is 6.07 Å². The molecule has 0 aromatic heterocycles. The molecule has 17 heavy (non-hydrogen) atoms. The van der Waals surface area contributed by atoms with Gasteiger partial charge >= 0.3 is 5.23 Å². The van der Waals surface area contributed by atoms with Crippen molar-refractivity contribution in [2.24, 2.45) is 10.7 Å². The Morgan fingerprint density at radius 2 is 2.00 bits per heavy atom. The molecule has 1 heterocycles. The molecule has 1 aliphatic heterocycles. The molecule has 1 aliphatic rings. The van der Waals surface area contributed by atoms with Gasteiger partial charge in [-0.05, 0) is 12.1 Å². The zero-order valence-corrected chi connectivity index (χ0v) is 9.77. The van der Waals surface area contributed by atoms with Gasteiger partial charge < -0.3 is 15.2 Å². The van der Waals surface area contributed by atoms with Gasteiger partial charge in [0.25, 0.3) is 9.84 Å². The monoisotopic (exact) mass is 254 g/mol. The topological polar surface area (TPSA) is 91.0 Å². The fourth-order valence-electron chi connectivity index (χ4n) is 1.25. The molecule has 0 bridgehead atoms. The van der Waals surface area contributed by atoms with Gasteiger partial charge in [0.2, 0.25) is 0 Å². The van der Waals surface area contributed by atoms with Crippen LogP contribution >= 0.6 is 0 Å². The van der Waals surface area contributed by atoms with Crippen LogP contribution < -0.4 is 15.2 Å². The summed E-state index contributed by atoms with van der Waals surface area (Å²) >= 11 is 0. The summed E-state index contributed by atoms with van der Waals surface area (Å²) in [5.41, 5.74) is 5.30. The maximum absolute atomic E-state index is 11.5. The van der Waals surface area contributed by atoms with E-state index in [-0.39, 0.29) is 5.82 Å². The van der Waals surface area contributed by atoms with Crippen LogP contribution in [0.5, 0.6) is 11.5 Å². The SMILES string of the molecule is COc1cccc(OC2=NC(N)=CS2(=O)=O)c1. The normalized spacial score (nSPS) is 17.2. The highest BCUT2D eigenvalue weighted by Gasteiger charge is 2.26. The van der Waals surface area contributed by atoms with Crippen LogP contribution in [0.1, 0.15) is 0 Å². The number of benzene rings is 1. The smallest absolute Gasteiger partial charge is 0.321 e. The third-order valence-corrected chi connectivity index (χ3v) is 3.20. The predicted octanol–water partition coefficient (Wildman–Crippen LogP) is 0.616. The Kier molecular flexibility index (Phi) is 2.76. The summed E-state index contributed by atoms with van der Waals surface area (Å²) in [5, 5.41) is 0.422. The molecule has 0 radical (unpaired) electrons. The first-order valence-electron chi connectivity index (χ1n) is 4.64. The van der Waals surface area contributed by atoms with Crippen molar-refractivity contribution >= 4 is 15.1 Å². The van der Waals surface area contributed by atoms with Gasteiger partial charge in [-0.15, -0.1) is 0 Å². The van der Waals surface area contributed by atoms with Crippen molar-refractivity contribution in [1.29, 1.82) is 0 Å². The number of hydrogen-bond donors (Lipinski definition) is 1. The molecule has 2 rings (SSSR count). The van der Waals surface area contributed by atoms with E-state index in [1.54, 1.807) is 24.3 Å². The first-order chi connectivity index (χ1) is 8.01. The van der Waals surface area contributed by atoms with Gasteiger partial charge in [0, 0.05) is 6.07 Å². The van der Waals surface area contributed by atoms with E-state index >= 15 is 0 Å². The molecule has 0 saturated carbocycles. The van der Waals surface area contributed by atoms with Crippen LogP contribution in [0.4, 0.5) is 0 Å². The number of nitrogens with two attached hydrogens (primary N) is 1. The molecule has 0 amide bonds. The van der Waals surface area contributed by atoms with Crippen molar-refractivity contribution in [1.82, 2.24) is 0 Å². The van der Waals surface area contributed by atoms with Crippen molar-refractivity contribution in [2.45, 2.75) is 0 Å². The molecular weight excluding hydrogens is 244 g/mol. The number of rotatable bonds is 2. The van der Waals surface area contributed by atoms with Gasteiger partial charge in [-0.3, -0.25) is 0 Å². The molecule has 7 heteroatoms. The maximum Gasteiger partial charge on any atom is 0.321 e. The minimum absolute atomic E-state index is 0.0945. The second-order valence-electron chi connectivity index (χ2n) is 3.25. The van der Waals surface area contributed by atoms with Crippen LogP contribution in [-0.4, -0.2) is 20.8 Å². The Hall–Kier alpha value is -2.02. The maximum atomic E-state index is 11.5. The molecule has 90 valence electrons. The second-order valence-corrected chi connectivity index (χ2v) is 4.92. The standard InChI is InChI=1S/C10H10N2O4S/c1-15-7-3-2-4-8(5-7)16-10-12-9(11)6-17(10,13)14/h2-6H,11H2,1H3. The van der Waals surface area contributed by atoms with Gasteiger partial charge in [0.15, 0.2) is 0 Å². The van der Waals surface area contributed by atoms with Crippen LogP contribution in [0.15, 0.2) is 40.5 Å². The summed E-state index contributed by atoms with van der Waals surface area (Å²) in [6, 6.07) is 6.53. The highest BCUT2D eigenvalue weighted by molar-refractivity contribution is 8.08. The summed E-state index contributed by atoms with van der Waals surface area (Å²) in [5.74, 6) is 0.775. The second kappa shape index (κ2) is 4.10. The van der Waals surface area contributed by atoms with E-state index in [1.807, 2.05) is 0 Å². The number of sulfone groups is 1. The predicted molar refractivity (Wildman–Crippen MR) is 62.2 cm³/mol. The van der Waals surface area contributed by atoms with E-state index in [9.17, 15) is 8.42 Å². The van der Waals surface area contributed by atoms with Crippen molar-refractivity contribution in [3.8, 4) is 11.5 Å². The molecule has 0 unspecified atom stereocenters. The Labute approximate surface area is 98.3 Å². The lowest BCUT2D eigenvalue weighted by Crippen LogP contribution is -2.16. The molecule has 0 saturated heterocycles. The summed E-state index contributed by atoms with van der Waals surface area (Å²) in [7, 11) is -2.15. The fraction of sp³-hybridized carbons (Fsp3) is 0.100. The summed E-state index contributed by atoms with van der Waals surface area (Å²) in [6.45, 7) is 0. The molecule has 0 fully saturated rings. The lowest BCUT2D eigenvalue weighted by molar-refractivity contribution is 0.412. The number of aliphatic imine (C=N–C) groups is 1. The Morgan fingerprint density at radius 1 is 1.29 bits per heavy atom. The van der Waals surface area contributed by atoms with Crippen LogP contribution in [0.25, 0.3) is 0 Å². The minimum atomic E-state index is -3.65. The van der Waals surface area contributed by atoms with E-state index in [0.717, 1.165) is 5.41 Å². The van der Waals surface area contributed by atoms with E-state index in [2.05, 4.69) is 4.99 Å². The lowest BCUT2D eigenvalue weighted by Gasteiger charge is -2.05. The van der Waals surface area contributed by atoms with E-state index in [0.29, 0.717) is 11.5 Å². The van der Waals surface area contributed by atoms with E-state index < -0.39 is 15.1 Å². The van der Waals surface area contributed by atoms with E-state index in [4.69, 9.17) is 15.2 Å². The number of hydrogen-bond acceptors (Lipinski definition) is 6. The average molecular weight is 254 g/mol. The zero-order valence-electron chi connectivity index (χ0n) is 8.95. The van der Waals surface area contributed by atoms with Crippen molar-refractivity contribution in [2.75, 3.05) is 7.11 Å². The summed E-state index contributed by atoms with van der Waals surface area (Å²) in [6.07, 6.45) is 0. The van der Waals surface area contributed by atoms with Gasteiger partial charge in [-0.25, -0.2) is 8.42 Å². The quantitative estimate of drug-likeness (QED) is 0.835. The number of methoxy groups -OCH3 is 1. The third kappa shape index (κ3) is 2.39.